The Bertz CT molecular complexity index is 404. The second-order valence-electron chi connectivity index (χ2n) is 5.19. The molecule has 3 heteroatoms. The van der Waals surface area contributed by atoms with E-state index in [9.17, 15) is 4.39 Å². The van der Waals surface area contributed by atoms with Gasteiger partial charge in [0.25, 0.3) is 0 Å². The van der Waals surface area contributed by atoms with Gasteiger partial charge >= 0.3 is 0 Å². The molecule has 1 aromatic carbocycles. The number of halogens is 1. The van der Waals surface area contributed by atoms with Crippen LogP contribution in [-0.2, 0) is 6.54 Å². The molecule has 1 spiro atoms. The topological polar surface area (TPSA) is 29.3 Å². The quantitative estimate of drug-likeness (QED) is 0.828. The summed E-state index contributed by atoms with van der Waals surface area (Å²) < 4.78 is 13.1. The van der Waals surface area contributed by atoms with E-state index in [0.717, 1.165) is 24.3 Å². The molecule has 1 aliphatic carbocycles. The van der Waals surface area contributed by atoms with Crippen LogP contribution in [0, 0.1) is 11.2 Å². The van der Waals surface area contributed by atoms with Crippen LogP contribution in [0.5, 0.6) is 0 Å². The Labute approximate surface area is 95.2 Å². The maximum atomic E-state index is 13.1. The van der Waals surface area contributed by atoms with E-state index in [4.69, 9.17) is 5.73 Å². The van der Waals surface area contributed by atoms with Crippen molar-refractivity contribution in [1.29, 1.82) is 0 Å². The maximum Gasteiger partial charge on any atom is 0.123 e. The van der Waals surface area contributed by atoms with Gasteiger partial charge in [0, 0.05) is 30.7 Å². The van der Waals surface area contributed by atoms with Crippen LogP contribution in [-0.4, -0.2) is 13.1 Å². The smallest absolute Gasteiger partial charge is 0.123 e. The molecule has 16 heavy (non-hydrogen) atoms. The molecule has 0 unspecified atom stereocenters. The van der Waals surface area contributed by atoms with Crippen molar-refractivity contribution in [2.75, 3.05) is 18.0 Å². The molecule has 0 aromatic heterocycles. The molecule has 1 aliphatic heterocycles. The van der Waals surface area contributed by atoms with E-state index in [0.29, 0.717) is 12.0 Å². The highest BCUT2D eigenvalue weighted by molar-refractivity contribution is 5.56. The normalized spacial score (nSPS) is 21.8. The zero-order valence-corrected chi connectivity index (χ0v) is 9.38. The largest absolute Gasteiger partial charge is 0.370 e. The fourth-order valence-corrected chi connectivity index (χ4v) is 2.95. The van der Waals surface area contributed by atoms with Gasteiger partial charge in [-0.25, -0.2) is 4.39 Å². The van der Waals surface area contributed by atoms with Crippen molar-refractivity contribution in [3.05, 3.63) is 29.6 Å². The predicted molar refractivity (Wildman–Crippen MR) is 62.8 cm³/mol. The first-order valence-corrected chi connectivity index (χ1v) is 5.96. The van der Waals surface area contributed by atoms with Crippen LogP contribution in [0.2, 0.25) is 0 Å². The Kier molecular flexibility index (Phi) is 2.18. The monoisotopic (exact) mass is 220 g/mol. The molecule has 2 nitrogen and oxygen atoms in total. The maximum absolute atomic E-state index is 13.1. The Hall–Kier alpha value is -1.09. The molecule has 1 saturated heterocycles. The third-order valence-electron chi connectivity index (χ3n) is 4.07. The van der Waals surface area contributed by atoms with Crippen molar-refractivity contribution >= 4 is 5.69 Å². The minimum atomic E-state index is -0.192. The highest BCUT2D eigenvalue weighted by Gasteiger charge is 2.47. The molecule has 0 amide bonds. The van der Waals surface area contributed by atoms with E-state index >= 15 is 0 Å². The van der Waals surface area contributed by atoms with E-state index in [2.05, 4.69) is 4.90 Å². The van der Waals surface area contributed by atoms with Crippen LogP contribution in [0.1, 0.15) is 24.8 Å². The Balaban J connectivity index is 1.79. The van der Waals surface area contributed by atoms with Gasteiger partial charge in [-0.15, -0.1) is 0 Å². The van der Waals surface area contributed by atoms with Gasteiger partial charge in [-0.05, 0) is 36.6 Å². The highest BCUT2D eigenvalue weighted by Crippen LogP contribution is 2.49. The third-order valence-corrected chi connectivity index (χ3v) is 4.07. The lowest BCUT2D eigenvalue weighted by atomic mass is 9.63. The molecule has 0 radical (unpaired) electrons. The summed E-state index contributed by atoms with van der Waals surface area (Å²) in [6.45, 7) is 2.67. The number of benzene rings is 1. The van der Waals surface area contributed by atoms with E-state index in [1.54, 1.807) is 6.07 Å². The van der Waals surface area contributed by atoms with Crippen LogP contribution in [0.4, 0.5) is 10.1 Å². The summed E-state index contributed by atoms with van der Waals surface area (Å²) >= 11 is 0. The zero-order valence-electron chi connectivity index (χ0n) is 9.38. The molecule has 86 valence electrons. The van der Waals surface area contributed by atoms with Crippen molar-refractivity contribution in [2.45, 2.75) is 25.8 Å². The molecule has 2 aliphatic rings. The van der Waals surface area contributed by atoms with Gasteiger partial charge in [-0.2, -0.15) is 0 Å². The summed E-state index contributed by atoms with van der Waals surface area (Å²) in [6.07, 6.45) is 4.10. The van der Waals surface area contributed by atoms with Gasteiger partial charge in [0.1, 0.15) is 5.82 Å². The van der Waals surface area contributed by atoms with Crippen LogP contribution < -0.4 is 10.6 Å². The molecule has 1 saturated carbocycles. The molecule has 0 atom stereocenters. The van der Waals surface area contributed by atoms with Gasteiger partial charge in [0.05, 0.1) is 0 Å². The number of rotatable bonds is 2. The van der Waals surface area contributed by atoms with Gasteiger partial charge in [-0.1, -0.05) is 6.42 Å². The van der Waals surface area contributed by atoms with E-state index in [-0.39, 0.29) is 5.82 Å². The van der Waals surface area contributed by atoms with Crippen LogP contribution in [0.15, 0.2) is 18.2 Å². The molecule has 0 bridgehead atoms. The first-order valence-electron chi connectivity index (χ1n) is 5.96. The third kappa shape index (κ3) is 1.42. The summed E-state index contributed by atoms with van der Waals surface area (Å²) in [5.74, 6) is -0.192. The Morgan fingerprint density at radius 1 is 1.31 bits per heavy atom. The van der Waals surface area contributed by atoms with Gasteiger partial charge in [0.15, 0.2) is 0 Å². The number of nitrogens with two attached hydrogens (primary N) is 1. The molecule has 1 heterocycles. The number of nitrogens with zero attached hydrogens (tertiary/aromatic N) is 1. The van der Waals surface area contributed by atoms with E-state index in [1.807, 2.05) is 6.07 Å². The lowest BCUT2D eigenvalue weighted by molar-refractivity contribution is 0.0902. The summed E-state index contributed by atoms with van der Waals surface area (Å²) in [4.78, 5) is 2.33. The highest BCUT2D eigenvalue weighted by atomic mass is 19.1. The first kappa shape index (κ1) is 10.1. The van der Waals surface area contributed by atoms with Crippen molar-refractivity contribution in [3.63, 3.8) is 0 Å². The second kappa shape index (κ2) is 3.45. The summed E-state index contributed by atoms with van der Waals surface area (Å²) in [5.41, 5.74) is 8.31. The molecule has 3 rings (SSSR count). The predicted octanol–water partition coefficient (Wildman–Crippen LogP) is 2.27. The fraction of sp³-hybridized carbons (Fsp3) is 0.538. The average Bonchev–Trinajstić information content (AvgIpc) is 2.15. The van der Waals surface area contributed by atoms with Gasteiger partial charge < -0.3 is 10.6 Å². The first-order chi connectivity index (χ1) is 7.72. The van der Waals surface area contributed by atoms with Crippen LogP contribution in [0.25, 0.3) is 0 Å². The molecule has 2 N–H and O–H groups in total. The molecule has 2 fully saturated rings. The van der Waals surface area contributed by atoms with Crippen molar-refractivity contribution in [1.82, 2.24) is 0 Å². The fourth-order valence-electron chi connectivity index (χ4n) is 2.95. The molecular formula is C13H17FN2. The minimum Gasteiger partial charge on any atom is -0.370 e. The standard InChI is InChI=1S/C13H17FN2/c14-11-2-3-12(10(6-11)7-15)16-8-13(9-16)4-1-5-13/h2-3,6H,1,4-5,7-9,15H2. The number of hydrogen-bond donors (Lipinski definition) is 1. The second-order valence-corrected chi connectivity index (χ2v) is 5.19. The summed E-state index contributed by atoms with van der Waals surface area (Å²) in [5, 5.41) is 0. The Morgan fingerprint density at radius 2 is 2.06 bits per heavy atom. The summed E-state index contributed by atoms with van der Waals surface area (Å²) in [7, 11) is 0. The molecule has 1 aromatic rings. The SMILES string of the molecule is NCc1cc(F)ccc1N1CC2(CCC2)C1. The van der Waals surface area contributed by atoms with Gasteiger partial charge in [-0.3, -0.25) is 0 Å². The van der Waals surface area contributed by atoms with E-state index in [1.165, 1.54) is 25.3 Å². The van der Waals surface area contributed by atoms with Crippen LogP contribution in [0.3, 0.4) is 0 Å². The zero-order chi connectivity index (χ0) is 11.2. The van der Waals surface area contributed by atoms with Crippen molar-refractivity contribution in [2.24, 2.45) is 11.1 Å². The van der Waals surface area contributed by atoms with Crippen LogP contribution >= 0.6 is 0 Å². The van der Waals surface area contributed by atoms with E-state index < -0.39 is 0 Å². The average molecular weight is 220 g/mol. The molecular weight excluding hydrogens is 203 g/mol. The summed E-state index contributed by atoms with van der Waals surface area (Å²) in [6, 6.07) is 4.95. The number of hydrogen-bond acceptors (Lipinski definition) is 2. The van der Waals surface area contributed by atoms with Crippen molar-refractivity contribution in [3.8, 4) is 0 Å². The number of anilines is 1. The lowest BCUT2D eigenvalue weighted by Crippen LogP contribution is -2.60. The van der Waals surface area contributed by atoms with Crippen molar-refractivity contribution < 1.29 is 4.39 Å². The Morgan fingerprint density at radius 3 is 2.62 bits per heavy atom. The minimum absolute atomic E-state index is 0.192. The van der Waals surface area contributed by atoms with Gasteiger partial charge in [0.2, 0.25) is 0 Å². The lowest BCUT2D eigenvalue weighted by Gasteiger charge is -2.57.